The molecule has 1 saturated heterocycles. The minimum atomic E-state index is -3.38. The van der Waals surface area contributed by atoms with Gasteiger partial charge in [0.25, 0.3) is 0 Å². The number of β-amino-alcohol motifs (C(OH)–C–C–N with tert-alkyl or cyclic N) is 1. The van der Waals surface area contributed by atoms with Gasteiger partial charge in [0.05, 0.1) is 29.3 Å². The highest BCUT2D eigenvalue weighted by Gasteiger charge is 2.43. The van der Waals surface area contributed by atoms with Crippen molar-refractivity contribution in [2.24, 2.45) is 0 Å². The van der Waals surface area contributed by atoms with Gasteiger partial charge in [-0.15, -0.1) is 5.10 Å². The van der Waals surface area contributed by atoms with Gasteiger partial charge in [-0.3, -0.25) is 0 Å². The van der Waals surface area contributed by atoms with Crippen molar-refractivity contribution in [2.75, 3.05) is 18.4 Å². The van der Waals surface area contributed by atoms with Crippen LogP contribution in [0.1, 0.15) is 19.3 Å². The van der Waals surface area contributed by atoms with Crippen molar-refractivity contribution in [1.29, 1.82) is 0 Å². The summed E-state index contributed by atoms with van der Waals surface area (Å²) in [5, 5.41) is 17.3. The number of hydrogen-bond donors (Lipinski definition) is 2. The van der Waals surface area contributed by atoms with Gasteiger partial charge in [0, 0.05) is 30.8 Å². The summed E-state index contributed by atoms with van der Waals surface area (Å²) in [6, 6.07) is 3.52. The molecule has 0 radical (unpaired) electrons. The summed E-state index contributed by atoms with van der Waals surface area (Å²) >= 11 is 0. The molecule has 5 rings (SSSR count). The minimum absolute atomic E-state index is 0.000157. The van der Waals surface area contributed by atoms with Crippen LogP contribution < -0.4 is 5.32 Å². The molecule has 170 valence electrons. The molecule has 2 N–H and O–H groups in total. The number of aliphatic hydroxyl groups excluding tert-OH is 1. The number of halogens is 3. The van der Waals surface area contributed by atoms with Gasteiger partial charge in [0.1, 0.15) is 17.2 Å². The molecule has 2 atom stereocenters. The predicted molar refractivity (Wildman–Crippen MR) is 110 cm³/mol. The van der Waals surface area contributed by atoms with Crippen molar-refractivity contribution in [2.45, 2.75) is 36.7 Å². The van der Waals surface area contributed by atoms with E-state index in [2.05, 4.69) is 15.4 Å². The molecule has 1 aromatic carbocycles. The smallest absolute Gasteiger partial charge is 0.241 e. The summed E-state index contributed by atoms with van der Waals surface area (Å²) in [6.07, 6.45) is 1.85. The molecule has 3 heterocycles. The predicted octanol–water partition coefficient (Wildman–Crippen LogP) is 2.15. The van der Waals surface area contributed by atoms with Gasteiger partial charge < -0.3 is 10.4 Å². The standard InChI is InChI=1S/C20H20F3N5O3S/c21-11-1-4-13(14(22)7-11)17-8-15(23)18-9-24-20(26-28(17)18)25-16-5-6-27(10-19(16)29)32(30,31)12-2-3-12/h1,4,7-9,12,16,19,29H,2-3,5-6,10H2,(H,25,26)/t16-,19-/m1/s1. The van der Waals surface area contributed by atoms with Crippen LogP contribution in [-0.2, 0) is 10.0 Å². The molecule has 1 aliphatic heterocycles. The van der Waals surface area contributed by atoms with E-state index < -0.39 is 39.6 Å². The molecule has 1 aliphatic carbocycles. The van der Waals surface area contributed by atoms with Crippen LogP contribution in [0.2, 0.25) is 0 Å². The first-order chi connectivity index (χ1) is 15.2. The highest BCUT2D eigenvalue weighted by Crippen LogP contribution is 2.33. The van der Waals surface area contributed by atoms with E-state index in [9.17, 15) is 26.7 Å². The van der Waals surface area contributed by atoms with Crippen molar-refractivity contribution in [1.82, 2.24) is 18.9 Å². The average Bonchev–Trinajstić information content (AvgIpc) is 3.55. The molecule has 2 fully saturated rings. The van der Waals surface area contributed by atoms with Crippen LogP contribution in [0, 0.1) is 17.5 Å². The summed E-state index contributed by atoms with van der Waals surface area (Å²) in [4.78, 5) is 4.07. The number of nitrogens with one attached hydrogen (secondary N) is 1. The van der Waals surface area contributed by atoms with Crippen LogP contribution in [0.25, 0.3) is 16.8 Å². The van der Waals surface area contributed by atoms with Gasteiger partial charge in [0.15, 0.2) is 5.82 Å². The summed E-state index contributed by atoms with van der Waals surface area (Å²) in [5.74, 6) is -2.24. The van der Waals surface area contributed by atoms with Crippen LogP contribution in [0.4, 0.5) is 19.1 Å². The van der Waals surface area contributed by atoms with Gasteiger partial charge in [-0.25, -0.2) is 31.1 Å². The first kappa shape index (κ1) is 21.2. The molecule has 0 bridgehead atoms. The Bertz CT molecular complexity index is 1300. The zero-order valence-electron chi connectivity index (χ0n) is 16.7. The number of aliphatic hydroxyl groups is 1. The normalized spacial score (nSPS) is 22.4. The number of benzene rings is 1. The molecular formula is C20H20F3N5O3S. The van der Waals surface area contributed by atoms with Crippen molar-refractivity contribution < 1.29 is 26.7 Å². The fraction of sp³-hybridized carbons (Fsp3) is 0.400. The second-order valence-electron chi connectivity index (χ2n) is 8.09. The van der Waals surface area contributed by atoms with E-state index >= 15 is 0 Å². The number of fused-ring (bicyclic) bond motifs is 1. The molecule has 32 heavy (non-hydrogen) atoms. The molecule has 3 aromatic rings. The average molecular weight is 467 g/mol. The first-order valence-electron chi connectivity index (χ1n) is 10.2. The molecule has 2 aromatic heterocycles. The lowest BCUT2D eigenvalue weighted by molar-refractivity contribution is 0.0946. The maximum Gasteiger partial charge on any atom is 0.241 e. The van der Waals surface area contributed by atoms with Crippen molar-refractivity contribution in [3.05, 3.63) is 47.9 Å². The van der Waals surface area contributed by atoms with Crippen molar-refractivity contribution in [3.8, 4) is 11.3 Å². The quantitative estimate of drug-likeness (QED) is 0.597. The van der Waals surface area contributed by atoms with Crippen LogP contribution >= 0.6 is 0 Å². The fourth-order valence-corrected chi connectivity index (χ4v) is 5.83. The lowest BCUT2D eigenvalue weighted by Crippen LogP contribution is -2.52. The number of piperidine rings is 1. The molecule has 0 unspecified atom stereocenters. The number of hydrogen-bond acceptors (Lipinski definition) is 6. The summed E-state index contributed by atoms with van der Waals surface area (Å²) in [5.41, 5.74) is 0.0417. The van der Waals surface area contributed by atoms with E-state index in [1.54, 1.807) is 0 Å². The van der Waals surface area contributed by atoms with Gasteiger partial charge in [-0.05, 0) is 31.4 Å². The molecule has 12 heteroatoms. The van der Waals surface area contributed by atoms with Crippen LogP contribution in [0.5, 0.6) is 0 Å². The topological polar surface area (TPSA) is 99.8 Å². The lowest BCUT2D eigenvalue weighted by atomic mass is 10.0. The third-order valence-corrected chi connectivity index (χ3v) is 8.21. The maximum absolute atomic E-state index is 14.4. The van der Waals surface area contributed by atoms with E-state index in [1.165, 1.54) is 16.6 Å². The number of anilines is 1. The third-order valence-electron chi connectivity index (χ3n) is 5.84. The lowest BCUT2D eigenvalue weighted by Gasteiger charge is -2.35. The van der Waals surface area contributed by atoms with Gasteiger partial charge >= 0.3 is 0 Å². The third kappa shape index (κ3) is 3.71. The molecule has 8 nitrogen and oxygen atoms in total. The van der Waals surface area contributed by atoms with E-state index in [4.69, 9.17) is 0 Å². The number of rotatable bonds is 5. The Kier molecular flexibility index (Phi) is 5.10. The van der Waals surface area contributed by atoms with Gasteiger partial charge in [-0.2, -0.15) is 4.31 Å². The molecule has 0 spiro atoms. The largest absolute Gasteiger partial charge is 0.390 e. The maximum atomic E-state index is 14.4. The second-order valence-corrected chi connectivity index (χ2v) is 10.3. The Hall–Kier alpha value is -2.70. The van der Waals surface area contributed by atoms with Gasteiger partial charge in [-0.1, -0.05) is 0 Å². The number of nitrogens with zero attached hydrogens (tertiary/aromatic N) is 4. The SMILES string of the molecule is O=S(=O)(C1CC1)N1CC[C@@H](Nc2ncc3c(F)cc(-c4ccc(F)cc4F)n3n2)[C@H](O)C1. The Balaban J connectivity index is 1.40. The summed E-state index contributed by atoms with van der Waals surface area (Å²) in [6.45, 7) is 0.211. The van der Waals surface area contributed by atoms with E-state index in [-0.39, 0.29) is 41.1 Å². The Morgan fingerprint density at radius 3 is 2.56 bits per heavy atom. The Labute approximate surface area is 181 Å². The minimum Gasteiger partial charge on any atom is -0.390 e. The molecular weight excluding hydrogens is 447 g/mol. The van der Waals surface area contributed by atoms with Crippen LogP contribution in [0.15, 0.2) is 30.5 Å². The van der Waals surface area contributed by atoms with E-state index in [1.807, 2.05) is 0 Å². The second kappa shape index (κ2) is 7.71. The zero-order chi connectivity index (χ0) is 22.6. The monoisotopic (exact) mass is 467 g/mol. The Morgan fingerprint density at radius 1 is 1.09 bits per heavy atom. The Morgan fingerprint density at radius 2 is 1.88 bits per heavy atom. The summed E-state index contributed by atoms with van der Waals surface area (Å²) < 4.78 is 69.2. The molecule has 1 saturated carbocycles. The van der Waals surface area contributed by atoms with Crippen molar-refractivity contribution >= 4 is 21.5 Å². The first-order valence-corrected chi connectivity index (χ1v) is 11.7. The van der Waals surface area contributed by atoms with Crippen LogP contribution in [0.3, 0.4) is 0 Å². The zero-order valence-corrected chi connectivity index (χ0v) is 17.6. The number of aromatic nitrogens is 3. The van der Waals surface area contributed by atoms with E-state index in [0.29, 0.717) is 25.3 Å². The van der Waals surface area contributed by atoms with Crippen LogP contribution in [-0.4, -0.2) is 62.9 Å². The molecule has 0 amide bonds. The highest BCUT2D eigenvalue weighted by atomic mass is 32.2. The highest BCUT2D eigenvalue weighted by molar-refractivity contribution is 7.90. The molecule has 2 aliphatic rings. The number of sulfonamides is 1. The van der Waals surface area contributed by atoms with Crippen molar-refractivity contribution in [3.63, 3.8) is 0 Å². The summed E-state index contributed by atoms with van der Waals surface area (Å²) in [7, 11) is -3.38. The van der Waals surface area contributed by atoms with Gasteiger partial charge in [0.2, 0.25) is 16.0 Å². The fourth-order valence-electron chi connectivity index (χ4n) is 3.95. The van der Waals surface area contributed by atoms with E-state index in [0.717, 1.165) is 16.6 Å².